The minimum atomic E-state index is -1.07. The van der Waals surface area contributed by atoms with Gasteiger partial charge < -0.3 is 15.6 Å². The Labute approximate surface area is 128 Å². The maximum absolute atomic E-state index is 10.7. The van der Waals surface area contributed by atoms with E-state index in [4.69, 9.17) is 0 Å². The van der Waals surface area contributed by atoms with E-state index >= 15 is 0 Å². The molecule has 0 fully saturated rings. The summed E-state index contributed by atoms with van der Waals surface area (Å²) in [5.41, 5.74) is 8.87. The molecule has 1 atom stereocenters. The van der Waals surface area contributed by atoms with Crippen LogP contribution in [0.3, 0.4) is 0 Å². The van der Waals surface area contributed by atoms with E-state index < -0.39 is 12.0 Å². The highest BCUT2D eigenvalue weighted by Gasteiger charge is 2.27. The first-order valence-electron chi connectivity index (χ1n) is 6.98. The third kappa shape index (κ3) is 2.69. The summed E-state index contributed by atoms with van der Waals surface area (Å²) in [4.78, 5) is 10.7. The molecule has 0 saturated heterocycles. The number of carboxylic acid groups (broad SMARTS) is 1. The average Bonchev–Trinajstić information content (AvgIpc) is 2.82. The van der Waals surface area contributed by atoms with Crippen molar-refractivity contribution in [1.29, 1.82) is 0 Å². The summed E-state index contributed by atoms with van der Waals surface area (Å²) in [5, 5.41) is 10.7. The molecule has 4 heteroatoms. The maximum atomic E-state index is 10.7. The van der Waals surface area contributed by atoms with E-state index in [-0.39, 0.29) is 0 Å². The molecule has 0 aliphatic heterocycles. The first kappa shape index (κ1) is 14.2. The molecule has 2 aromatic rings. The predicted molar refractivity (Wildman–Crippen MR) is 82.7 cm³/mol. The van der Waals surface area contributed by atoms with Gasteiger partial charge in [0.2, 0.25) is 0 Å². The summed E-state index contributed by atoms with van der Waals surface area (Å²) in [5.74, 6) is 0.613. The van der Waals surface area contributed by atoms with Crippen LogP contribution in [0.25, 0.3) is 11.1 Å². The molecule has 1 aliphatic carbocycles. The van der Waals surface area contributed by atoms with Crippen LogP contribution < -0.4 is 10.8 Å². The fourth-order valence-electron chi connectivity index (χ4n) is 2.84. The minimum Gasteiger partial charge on any atom is -0.544 e. The molecule has 0 bridgehead atoms. The third-order valence-corrected chi connectivity index (χ3v) is 5.11. The van der Waals surface area contributed by atoms with Crippen molar-refractivity contribution in [3.63, 3.8) is 0 Å². The van der Waals surface area contributed by atoms with Crippen molar-refractivity contribution in [2.24, 2.45) is 0 Å². The van der Waals surface area contributed by atoms with Crippen LogP contribution in [0.5, 0.6) is 0 Å². The lowest BCUT2D eigenvalue weighted by atomic mass is 9.99. The number of hydrogen-bond donors (Lipinski definition) is 1. The molecule has 108 valence electrons. The smallest absolute Gasteiger partial charge is 0.134 e. The maximum Gasteiger partial charge on any atom is 0.134 e. The van der Waals surface area contributed by atoms with E-state index in [9.17, 15) is 9.90 Å². The van der Waals surface area contributed by atoms with Gasteiger partial charge in [0.25, 0.3) is 0 Å². The Hall–Kier alpha value is -1.78. The van der Waals surface area contributed by atoms with Gasteiger partial charge in [-0.05, 0) is 22.3 Å². The molecule has 0 heterocycles. The van der Waals surface area contributed by atoms with Crippen molar-refractivity contribution in [1.82, 2.24) is 0 Å². The lowest BCUT2D eigenvalue weighted by molar-refractivity contribution is -0.431. The molecular weight excluding hydrogens is 282 g/mol. The van der Waals surface area contributed by atoms with E-state index in [1.54, 1.807) is 11.8 Å². The summed E-state index contributed by atoms with van der Waals surface area (Å²) in [6, 6.07) is 16.3. The highest BCUT2D eigenvalue weighted by atomic mass is 32.2. The molecule has 2 aromatic carbocycles. The molecule has 3 rings (SSSR count). The Balaban J connectivity index is 1.81. The van der Waals surface area contributed by atoms with Crippen molar-refractivity contribution >= 4 is 17.7 Å². The number of thioether (sulfide) groups is 1. The van der Waals surface area contributed by atoms with Gasteiger partial charge in [0.15, 0.2) is 0 Å². The third-order valence-electron chi connectivity index (χ3n) is 3.90. The van der Waals surface area contributed by atoms with E-state index in [1.165, 1.54) is 22.3 Å². The van der Waals surface area contributed by atoms with Gasteiger partial charge in [0.05, 0.1) is 11.7 Å². The van der Waals surface area contributed by atoms with Crippen LogP contribution in [0.2, 0.25) is 0 Å². The molecule has 0 radical (unpaired) electrons. The van der Waals surface area contributed by atoms with Gasteiger partial charge >= 0.3 is 0 Å². The summed E-state index contributed by atoms with van der Waals surface area (Å²) in [7, 11) is 0. The second-order valence-electron chi connectivity index (χ2n) is 5.28. The van der Waals surface area contributed by atoms with Crippen molar-refractivity contribution in [2.45, 2.75) is 12.0 Å². The Bertz CT molecular complexity index is 626. The zero-order chi connectivity index (χ0) is 14.8. The number of carbonyl (C=O) groups excluding carboxylic acids is 1. The van der Waals surface area contributed by atoms with E-state index in [0.29, 0.717) is 11.7 Å². The van der Waals surface area contributed by atoms with Crippen LogP contribution in [0, 0.1) is 0 Å². The van der Waals surface area contributed by atoms with Gasteiger partial charge in [-0.15, -0.1) is 0 Å². The van der Waals surface area contributed by atoms with E-state index in [1.807, 2.05) is 0 Å². The monoisotopic (exact) mass is 299 g/mol. The molecule has 0 spiro atoms. The number of fused-ring (bicyclic) bond motifs is 3. The number of carboxylic acids is 1. The Morgan fingerprint density at radius 1 is 1.10 bits per heavy atom. The van der Waals surface area contributed by atoms with Crippen LogP contribution in [0.15, 0.2) is 48.5 Å². The normalized spacial score (nSPS) is 14.5. The summed E-state index contributed by atoms with van der Waals surface area (Å²) < 4.78 is 0. The molecule has 21 heavy (non-hydrogen) atoms. The second-order valence-corrected chi connectivity index (χ2v) is 6.36. The van der Waals surface area contributed by atoms with Crippen LogP contribution in [0.4, 0.5) is 0 Å². The molecule has 0 unspecified atom stereocenters. The molecule has 1 aliphatic rings. The van der Waals surface area contributed by atoms with Gasteiger partial charge in [-0.2, -0.15) is 11.8 Å². The standard InChI is InChI=1S/C17H17NO2S/c18-16(17(19)20)10-21-9-15-13-7-3-1-5-11(13)12-6-2-4-8-14(12)15/h1-8,15-16H,9-10,18H2,(H,19,20)/t16-/m0/s1. The second kappa shape index (κ2) is 5.92. The van der Waals surface area contributed by atoms with Crippen molar-refractivity contribution < 1.29 is 15.6 Å². The summed E-state index contributed by atoms with van der Waals surface area (Å²) in [6.07, 6.45) is 0. The van der Waals surface area contributed by atoms with Gasteiger partial charge in [-0.25, -0.2) is 0 Å². The van der Waals surface area contributed by atoms with Crippen molar-refractivity contribution in [3.8, 4) is 11.1 Å². The molecule has 0 amide bonds. The minimum absolute atomic E-state index is 0.330. The Morgan fingerprint density at radius 3 is 2.14 bits per heavy atom. The number of rotatable bonds is 5. The number of aliphatic carboxylic acids is 1. The van der Waals surface area contributed by atoms with Crippen molar-refractivity contribution in [2.75, 3.05) is 11.5 Å². The Morgan fingerprint density at radius 2 is 1.62 bits per heavy atom. The zero-order valence-corrected chi connectivity index (χ0v) is 12.4. The van der Waals surface area contributed by atoms with Crippen LogP contribution in [0.1, 0.15) is 17.0 Å². The number of benzene rings is 2. The van der Waals surface area contributed by atoms with Gasteiger partial charge in [-0.1, -0.05) is 48.5 Å². The molecular formula is C17H17NO2S. The molecule has 3 N–H and O–H groups in total. The number of quaternary nitrogens is 1. The fraction of sp³-hybridized carbons (Fsp3) is 0.235. The van der Waals surface area contributed by atoms with Crippen LogP contribution in [-0.2, 0) is 4.79 Å². The largest absolute Gasteiger partial charge is 0.544 e. The van der Waals surface area contributed by atoms with Gasteiger partial charge in [0.1, 0.15) is 6.04 Å². The van der Waals surface area contributed by atoms with Gasteiger partial charge in [-0.3, -0.25) is 0 Å². The lowest BCUT2D eigenvalue weighted by Crippen LogP contribution is -2.69. The van der Waals surface area contributed by atoms with Crippen molar-refractivity contribution in [3.05, 3.63) is 59.7 Å². The Kier molecular flexibility index (Phi) is 3.99. The van der Waals surface area contributed by atoms with Gasteiger partial charge in [0, 0.05) is 11.7 Å². The number of hydrogen-bond acceptors (Lipinski definition) is 3. The van der Waals surface area contributed by atoms with Crippen LogP contribution in [-0.4, -0.2) is 23.5 Å². The summed E-state index contributed by atoms with van der Waals surface area (Å²) >= 11 is 1.63. The zero-order valence-electron chi connectivity index (χ0n) is 11.6. The predicted octanol–water partition coefficient (Wildman–Crippen LogP) is 0.892. The highest BCUT2D eigenvalue weighted by Crippen LogP contribution is 2.45. The molecule has 3 nitrogen and oxygen atoms in total. The first-order valence-corrected chi connectivity index (χ1v) is 8.14. The SMILES string of the molecule is [NH3+][C@@H](CSCC1c2ccccc2-c2ccccc21)C(=O)[O-]. The topological polar surface area (TPSA) is 67.8 Å². The highest BCUT2D eigenvalue weighted by molar-refractivity contribution is 7.99. The van der Waals surface area contributed by atoms with E-state index in [2.05, 4.69) is 54.3 Å². The average molecular weight is 299 g/mol. The molecule has 0 saturated carbocycles. The first-order chi connectivity index (χ1) is 10.2. The quantitative estimate of drug-likeness (QED) is 0.891. The fourth-order valence-corrected chi connectivity index (χ4v) is 3.99. The van der Waals surface area contributed by atoms with E-state index in [0.717, 1.165) is 5.75 Å². The summed E-state index contributed by atoms with van der Waals surface area (Å²) in [6.45, 7) is 0. The van der Waals surface area contributed by atoms with Crippen LogP contribution >= 0.6 is 11.8 Å². The number of carbonyl (C=O) groups is 1. The lowest BCUT2D eigenvalue weighted by Gasteiger charge is -2.14. The molecule has 0 aromatic heterocycles.